The predicted molar refractivity (Wildman–Crippen MR) is 115 cm³/mol. The molecule has 1 amide bonds. The van der Waals surface area contributed by atoms with Crippen molar-refractivity contribution in [2.75, 3.05) is 5.32 Å². The van der Waals surface area contributed by atoms with Crippen molar-refractivity contribution in [3.05, 3.63) is 65.7 Å². The second-order valence-corrected chi connectivity index (χ2v) is 8.12. The first-order chi connectivity index (χ1) is 14.8. The van der Waals surface area contributed by atoms with E-state index in [1.54, 1.807) is 12.1 Å². The van der Waals surface area contributed by atoms with E-state index in [-0.39, 0.29) is 17.6 Å². The molecule has 0 radical (unpaired) electrons. The Bertz CT molecular complexity index is 1100. The van der Waals surface area contributed by atoms with Crippen LogP contribution in [0.2, 0.25) is 0 Å². The fourth-order valence-corrected chi connectivity index (χ4v) is 4.13. The summed E-state index contributed by atoms with van der Waals surface area (Å²) in [6.07, 6.45) is -0.128. The van der Waals surface area contributed by atoms with Crippen molar-refractivity contribution in [1.29, 1.82) is 0 Å². The summed E-state index contributed by atoms with van der Waals surface area (Å²) in [5.74, 6) is 0.540. The van der Waals surface area contributed by atoms with Crippen molar-refractivity contribution in [2.24, 2.45) is 5.92 Å². The molecule has 1 saturated carbocycles. The lowest BCUT2D eigenvalue weighted by Crippen LogP contribution is -2.41. The van der Waals surface area contributed by atoms with Crippen LogP contribution in [0.25, 0.3) is 10.9 Å². The largest absolute Gasteiger partial charge is 0.416 e. The average Bonchev–Trinajstić information content (AvgIpc) is 2.74. The molecule has 1 heterocycles. The third-order valence-electron chi connectivity index (χ3n) is 5.85. The number of aromatic nitrogens is 1. The van der Waals surface area contributed by atoms with Crippen LogP contribution in [-0.4, -0.2) is 16.9 Å². The van der Waals surface area contributed by atoms with Gasteiger partial charge in [0.15, 0.2) is 0 Å². The SMILES string of the molecule is C[C@H]1CCCC[C@@H]1NC(=O)c1cc(Nc2cccc(C(F)(F)F)c2)nc2ccccc12. The molecule has 0 aliphatic heterocycles. The van der Waals surface area contributed by atoms with E-state index in [9.17, 15) is 18.0 Å². The number of hydrogen-bond donors (Lipinski definition) is 2. The minimum absolute atomic E-state index is 0.119. The van der Waals surface area contributed by atoms with Crippen molar-refractivity contribution in [3.8, 4) is 0 Å². The Morgan fingerprint density at radius 3 is 2.58 bits per heavy atom. The lowest BCUT2D eigenvalue weighted by Gasteiger charge is -2.29. The fraction of sp³-hybridized carbons (Fsp3) is 0.333. The van der Waals surface area contributed by atoms with Crippen molar-refractivity contribution in [2.45, 2.75) is 44.8 Å². The number of carbonyl (C=O) groups is 1. The second-order valence-electron chi connectivity index (χ2n) is 8.12. The minimum Gasteiger partial charge on any atom is -0.349 e. The van der Waals surface area contributed by atoms with Crippen LogP contribution in [0.1, 0.15) is 48.5 Å². The molecule has 1 aromatic heterocycles. The minimum atomic E-state index is -4.43. The van der Waals surface area contributed by atoms with E-state index in [0.717, 1.165) is 31.4 Å². The molecule has 162 valence electrons. The van der Waals surface area contributed by atoms with Gasteiger partial charge in [0.2, 0.25) is 0 Å². The lowest BCUT2D eigenvalue weighted by atomic mass is 9.86. The number of halogens is 3. The number of para-hydroxylation sites is 1. The number of pyridine rings is 1. The van der Waals surface area contributed by atoms with Crippen LogP contribution in [0, 0.1) is 5.92 Å². The van der Waals surface area contributed by atoms with E-state index >= 15 is 0 Å². The molecule has 31 heavy (non-hydrogen) atoms. The Morgan fingerprint density at radius 1 is 1.03 bits per heavy atom. The molecule has 1 fully saturated rings. The number of amides is 1. The number of anilines is 2. The van der Waals surface area contributed by atoms with Gasteiger partial charge in [-0.3, -0.25) is 4.79 Å². The van der Waals surface area contributed by atoms with Crippen molar-refractivity contribution in [1.82, 2.24) is 10.3 Å². The van der Waals surface area contributed by atoms with Crippen LogP contribution in [0.4, 0.5) is 24.7 Å². The monoisotopic (exact) mass is 427 g/mol. The molecule has 1 aliphatic carbocycles. The van der Waals surface area contributed by atoms with Crippen LogP contribution in [-0.2, 0) is 6.18 Å². The first-order valence-electron chi connectivity index (χ1n) is 10.5. The summed E-state index contributed by atoms with van der Waals surface area (Å²) in [7, 11) is 0. The van der Waals surface area contributed by atoms with Gasteiger partial charge in [-0.15, -0.1) is 0 Å². The highest BCUT2D eigenvalue weighted by molar-refractivity contribution is 6.07. The van der Waals surface area contributed by atoms with Crippen molar-refractivity contribution in [3.63, 3.8) is 0 Å². The van der Waals surface area contributed by atoms with Crippen LogP contribution >= 0.6 is 0 Å². The Balaban J connectivity index is 1.66. The van der Waals surface area contributed by atoms with Gasteiger partial charge in [-0.2, -0.15) is 13.2 Å². The van der Waals surface area contributed by atoms with Gasteiger partial charge in [-0.05, 0) is 49.1 Å². The summed E-state index contributed by atoms with van der Waals surface area (Å²) >= 11 is 0. The molecule has 2 aromatic carbocycles. The highest BCUT2D eigenvalue weighted by atomic mass is 19.4. The topological polar surface area (TPSA) is 54.0 Å². The van der Waals surface area contributed by atoms with Gasteiger partial charge in [0.05, 0.1) is 16.6 Å². The van der Waals surface area contributed by atoms with E-state index in [2.05, 4.69) is 22.5 Å². The molecule has 4 rings (SSSR count). The Morgan fingerprint density at radius 2 is 1.81 bits per heavy atom. The summed E-state index contributed by atoms with van der Waals surface area (Å²) in [5.41, 5.74) is 0.562. The Hall–Kier alpha value is -3.09. The Kier molecular flexibility index (Phi) is 5.85. The zero-order valence-electron chi connectivity index (χ0n) is 17.2. The molecular weight excluding hydrogens is 403 g/mol. The molecule has 0 saturated heterocycles. The van der Waals surface area contributed by atoms with Gasteiger partial charge in [0.1, 0.15) is 5.82 Å². The number of nitrogens with zero attached hydrogens (tertiary/aromatic N) is 1. The van der Waals surface area contributed by atoms with Gasteiger partial charge in [0, 0.05) is 17.1 Å². The number of carbonyl (C=O) groups excluding carboxylic acids is 1. The zero-order chi connectivity index (χ0) is 22.0. The standard InChI is InChI=1S/C24H24F3N3O/c1-15-7-2-4-11-20(15)30-23(31)19-14-22(29-21-12-5-3-10-18(19)21)28-17-9-6-8-16(13-17)24(25,26)27/h3,5-6,8-10,12-15,20H,2,4,7,11H2,1H3,(H,28,29)(H,30,31)/t15-,20-/m0/s1. The van der Waals surface area contributed by atoms with E-state index in [1.165, 1.54) is 18.6 Å². The summed E-state index contributed by atoms with van der Waals surface area (Å²) in [6.45, 7) is 2.15. The lowest BCUT2D eigenvalue weighted by molar-refractivity contribution is -0.137. The third kappa shape index (κ3) is 4.81. The fourth-order valence-electron chi connectivity index (χ4n) is 4.13. The summed E-state index contributed by atoms with van der Waals surface area (Å²) in [4.78, 5) is 17.6. The number of fused-ring (bicyclic) bond motifs is 1. The van der Waals surface area contributed by atoms with Crippen LogP contribution in [0.15, 0.2) is 54.6 Å². The molecule has 4 nitrogen and oxygen atoms in total. The van der Waals surface area contributed by atoms with Gasteiger partial charge >= 0.3 is 6.18 Å². The maximum atomic E-state index is 13.1. The number of benzene rings is 2. The first-order valence-corrected chi connectivity index (χ1v) is 10.5. The molecule has 3 aromatic rings. The Labute approximate surface area is 178 Å². The second kappa shape index (κ2) is 8.57. The molecule has 1 aliphatic rings. The normalized spacial score (nSPS) is 19.2. The molecule has 2 atom stereocenters. The van der Waals surface area contributed by atoms with Crippen molar-refractivity contribution >= 4 is 28.3 Å². The maximum absolute atomic E-state index is 13.1. The molecule has 2 N–H and O–H groups in total. The smallest absolute Gasteiger partial charge is 0.349 e. The molecule has 0 unspecified atom stereocenters. The van der Waals surface area contributed by atoms with Crippen molar-refractivity contribution < 1.29 is 18.0 Å². The highest BCUT2D eigenvalue weighted by Crippen LogP contribution is 2.32. The molecular formula is C24H24F3N3O. The van der Waals surface area contributed by atoms with Crippen LogP contribution in [0.3, 0.4) is 0 Å². The van der Waals surface area contributed by atoms with Gasteiger partial charge in [-0.1, -0.05) is 44.0 Å². The summed E-state index contributed by atoms with van der Waals surface area (Å²) < 4.78 is 39.1. The summed E-state index contributed by atoms with van der Waals surface area (Å²) in [6, 6.07) is 13.9. The molecule has 0 bridgehead atoms. The number of hydrogen-bond acceptors (Lipinski definition) is 3. The van der Waals surface area contributed by atoms with Gasteiger partial charge in [0.25, 0.3) is 5.91 Å². The van der Waals surface area contributed by atoms with Gasteiger partial charge < -0.3 is 10.6 Å². The quantitative estimate of drug-likeness (QED) is 0.513. The van der Waals surface area contributed by atoms with E-state index in [4.69, 9.17) is 0 Å². The number of nitrogens with one attached hydrogen (secondary N) is 2. The first kappa shape index (κ1) is 21.2. The molecule has 7 heteroatoms. The summed E-state index contributed by atoms with van der Waals surface area (Å²) in [5, 5.41) is 6.79. The van der Waals surface area contributed by atoms with Crippen LogP contribution in [0.5, 0.6) is 0 Å². The maximum Gasteiger partial charge on any atom is 0.416 e. The van der Waals surface area contributed by atoms with E-state index in [1.807, 2.05) is 18.2 Å². The predicted octanol–water partition coefficient (Wildman–Crippen LogP) is 6.31. The van der Waals surface area contributed by atoms with Crippen LogP contribution < -0.4 is 10.6 Å². The van der Waals surface area contributed by atoms with Gasteiger partial charge in [-0.25, -0.2) is 4.98 Å². The highest BCUT2D eigenvalue weighted by Gasteiger charge is 2.30. The number of alkyl halides is 3. The average molecular weight is 427 g/mol. The zero-order valence-corrected chi connectivity index (χ0v) is 17.2. The van der Waals surface area contributed by atoms with E-state index in [0.29, 0.717) is 28.2 Å². The third-order valence-corrected chi connectivity index (χ3v) is 5.85. The van der Waals surface area contributed by atoms with E-state index < -0.39 is 11.7 Å². The number of rotatable bonds is 4. The molecule has 0 spiro atoms.